The van der Waals surface area contributed by atoms with Crippen molar-refractivity contribution < 1.29 is 43.0 Å². The van der Waals surface area contributed by atoms with Gasteiger partial charge in [0.05, 0.1) is 35.9 Å². The zero-order valence-corrected chi connectivity index (χ0v) is 49.6. The van der Waals surface area contributed by atoms with Gasteiger partial charge in [0.2, 0.25) is 0 Å². The zero-order chi connectivity index (χ0) is 57.9. The van der Waals surface area contributed by atoms with Crippen LogP contribution in [-0.2, 0) is 47.1 Å². The predicted octanol–water partition coefficient (Wildman–Crippen LogP) is 13.3. The van der Waals surface area contributed by atoms with Crippen molar-refractivity contribution >= 4 is 47.1 Å². The van der Waals surface area contributed by atoms with E-state index in [1.807, 2.05) is 67.6 Å². The smallest absolute Gasteiger partial charge is 0.415 e. The van der Waals surface area contributed by atoms with E-state index in [1.54, 1.807) is 9.80 Å². The van der Waals surface area contributed by atoms with Crippen molar-refractivity contribution in [2.24, 2.45) is 5.16 Å². The number of oxime groups is 1. The minimum Gasteiger partial charge on any atom is -0.450 e. The summed E-state index contributed by atoms with van der Waals surface area (Å²) in [6.07, 6.45) is 19.4. The number of fused-ring (bicyclic) bond motifs is 6. The average molecular weight is 1150 g/mol. The summed E-state index contributed by atoms with van der Waals surface area (Å²) in [6, 6.07) is 36.3. The Bertz CT molecular complexity index is 2890. The molecule has 0 atom stereocenters. The highest BCUT2D eigenvalue weighted by atomic mass is 16.6. The number of likely N-dealkylation sites (tertiary alicyclic amines) is 4. The Morgan fingerprint density at radius 1 is 0.548 bits per heavy atom. The first-order chi connectivity index (χ1) is 41.1. The number of para-hydroxylation sites is 3. The maximum absolute atomic E-state index is 13.2. The Morgan fingerprint density at radius 3 is 1.54 bits per heavy atom. The van der Waals surface area contributed by atoms with Crippen LogP contribution < -0.4 is 15.5 Å². The monoisotopic (exact) mass is 1150 g/mol. The first-order valence-corrected chi connectivity index (χ1v) is 31.7. The highest BCUT2D eigenvalue weighted by Gasteiger charge is 2.49. The standard InChI is InChI=1S/C26H32N2O2.C21H29N3O3.C20H27N3O4/c29-25-28(20-21-10-4-3-5-11-21)24-15-9-8-14-23(24)26(30-25)16-18-27(19-17-26)22-12-6-1-2-7-13-22;1-2-15-26-23-16-7-9-17(10-8-16)24-13-11-21(12-14-24)18-5-3-4-6-19(18)22-20(25)27-21;1-2-26-19(25)23-11-7-15(8-12-23)22-13-9-20(10-14-22)16-5-3-4-6-17(16)21-18(24)27-20/h3-5,8-11,14-15,22H,1-2,6-7,12-13,16-20H2;3-6,17H,2,7-15H2,1H3,(H,22,25);3-6,15H,2,7-14H2,1H3,(H,21,24). The SMILES string of the molecule is CCCON=C1CCC(N2CCC3(CC2)OC(=O)Nc2ccccc23)CC1.CCOC(=O)N1CCC(N2CCC3(CC2)OC(=O)Nc2ccccc23)CC1.O=C1OC2(CCN(C3CCCCCC3)CC2)c2ccccc2N1Cc1ccccc1. The number of benzene rings is 4. The lowest BCUT2D eigenvalue weighted by Gasteiger charge is -2.48. The number of hydrogen-bond donors (Lipinski definition) is 2. The van der Waals surface area contributed by atoms with Crippen molar-refractivity contribution in [1.82, 2.24) is 19.6 Å². The summed E-state index contributed by atoms with van der Waals surface area (Å²) in [5.74, 6) is 0. The second kappa shape index (κ2) is 27.1. The van der Waals surface area contributed by atoms with E-state index < -0.39 is 16.8 Å². The van der Waals surface area contributed by atoms with Crippen LogP contribution in [0.25, 0.3) is 0 Å². The summed E-state index contributed by atoms with van der Waals surface area (Å²) in [5.41, 5.74) is 7.03. The molecule has 0 aromatic heterocycles. The molecule has 3 spiro atoms. The second-order valence-electron chi connectivity index (χ2n) is 24.5. The minimum absolute atomic E-state index is 0.202. The molecule has 4 saturated heterocycles. The molecular weight excluding hydrogens is 1060 g/mol. The number of anilines is 3. The second-order valence-corrected chi connectivity index (χ2v) is 24.5. The number of ether oxygens (including phenoxy) is 4. The molecule has 17 heteroatoms. The van der Waals surface area contributed by atoms with Gasteiger partial charge in [-0.15, -0.1) is 0 Å². The summed E-state index contributed by atoms with van der Waals surface area (Å²) in [7, 11) is 0. The van der Waals surface area contributed by atoms with E-state index >= 15 is 0 Å². The van der Waals surface area contributed by atoms with E-state index in [4.69, 9.17) is 23.8 Å². The maximum Gasteiger partial charge on any atom is 0.415 e. The number of piperidine rings is 4. The lowest BCUT2D eigenvalue weighted by atomic mass is 9.81. The van der Waals surface area contributed by atoms with Gasteiger partial charge in [-0.05, 0) is 88.5 Å². The first-order valence-electron chi connectivity index (χ1n) is 31.7. The Hall–Kier alpha value is -6.69. The van der Waals surface area contributed by atoms with Crippen LogP contribution in [0.3, 0.4) is 0 Å². The highest BCUT2D eigenvalue weighted by Crippen LogP contribution is 2.48. The van der Waals surface area contributed by atoms with Crippen LogP contribution in [0.1, 0.15) is 158 Å². The third-order valence-electron chi connectivity index (χ3n) is 19.5. The Balaban J connectivity index is 0.000000132. The normalized spacial score (nSPS) is 23.2. The highest BCUT2D eigenvalue weighted by molar-refractivity contribution is 5.92. The van der Waals surface area contributed by atoms with Gasteiger partial charge < -0.3 is 38.5 Å². The molecule has 4 aromatic rings. The molecule has 9 aliphatic rings. The number of hydrogen-bond acceptors (Lipinski definition) is 13. The Labute approximate surface area is 496 Å². The van der Waals surface area contributed by atoms with Gasteiger partial charge in [-0.1, -0.05) is 123 Å². The van der Waals surface area contributed by atoms with E-state index in [9.17, 15) is 19.2 Å². The molecule has 6 fully saturated rings. The molecule has 17 nitrogen and oxygen atoms in total. The first kappa shape index (κ1) is 59.1. The van der Waals surface area contributed by atoms with E-state index in [0.717, 1.165) is 170 Å². The largest absolute Gasteiger partial charge is 0.450 e. The number of nitrogens with one attached hydrogen (secondary N) is 2. The van der Waals surface area contributed by atoms with E-state index in [0.29, 0.717) is 37.9 Å². The lowest BCUT2D eigenvalue weighted by molar-refractivity contribution is -0.0512. The van der Waals surface area contributed by atoms with Crippen LogP contribution in [-0.4, -0.2) is 133 Å². The molecule has 4 amide bonds. The molecule has 7 aliphatic heterocycles. The van der Waals surface area contributed by atoms with Gasteiger partial charge in [0.25, 0.3) is 0 Å². The van der Waals surface area contributed by atoms with Crippen LogP contribution in [0.15, 0.2) is 108 Å². The van der Waals surface area contributed by atoms with Crippen molar-refractivity contribution in [2.45, 2.75) is 177 Å². The fourth-order valence-electron chi connectivity index (χ4n) is 14.8. The Kier molecular flexibility index (Phi) is 19.1. The van der Waals surface area contributed by atoms with E-state index in [2.05, 4.69) is 79.9 Å². The van der Waals surface area contributed by atoms with Gasteiger partial charge in [0.15, 0.2) is 0 Å². The summed E-state index contributed by atoms with van der Waals surface area (Å²) in [6.45, 7) is 12.8. The summed E-state index contributed by atoms with van der Waals surface area (Å²) in [5, 5.41) is 9.93. The average Bonchev–Trinajstić information content (AvgIpc) is 2.18. The lowest BCUT2D eigenvalue weighted by Crippen LogP contribution is -2.53. The number of carbonyl (C=O) groups is 4. The number of amides is 4. The van der Waals surface area contributed by atoms with Crippen molar-refractivity contribution in [1.29, 1.82) is 0 Å². The number of carbonyl (C=O) groups excluding carboxylic acids is 4. The third kappa shape index (κ3) is 13.4. The molecular formula is C67H88N8O9. The maximum atomic E-state index is 13.2. The molecule has 450 valence electrons. The van der Waals surface area contributed by atoms with Gasteiger partial charge in [-0.25, -0.2) is 19.2 Å². The molecule has 13 rings (SSSR count). The van der Waals surface area contributed by atoms with Crippen molar-refractivity contribution in [3.05, 3.63) is 125 Å². The molecule has 2 aliphatic carbocycles. The number of nitrogens with zero attached hydrogens (tertiary/aromatic N) is 6. The summed E-state index contributed by atoms with van der Waals surface area (Å²) >= 11 is 0. The van der Waals surface area contributed by atoms with Crippen LogP contribution >= 0.6 is 0 Å². The molecule has 84 heavy (non-hydrogen) atoms. The number of rotatable bonds is 9. The topological polar surface area (TPSA) is 167 Å². The fraction of sp³-hybridized carbons (Fsp3) is 0.567. The van der Waals surface area contributed by atoms with Crippen LogP contribution in [0.4, 0.5) is 36.2 Å². The van der Waals surface area contributed by atoms with E-state index in [1.165, 1.54) is 49.8 Å². The molecule has 0 bridgehead atoms. The molecule has 0 radical (unpaired) electrons. The molecule has 2 saturated carbocycles. The van der Waals surface area contributed by atoms with Crippen molar-refractivity contribution in [3.8, 4) is 0 Å². The summed E-state index contributed by atoms with van der Waals surface area (Å²) < 4.78 is 23.0. The van der Waals surface area contributed by atoms with Crippen LogP contribution in [0.5, 0.6) is 0 Å². The van der Waals surface area contributed by atoms with E-state index in [-0.39, 0.29) is 24.4 Å². The fourth-order valence-corrected chi connectivity index (χ4v) is 14.8. The molecule has 7 heterocycles. The molecule has 4 aromatic carbocycles. The minimum atomic E-state index is -0.513. The molecule has 2 N–H and O–H groups in total. The van der Waals surface area contributed by atoms with Crippen LogP contribution in [0, 0.1) is 0 Å². The van der Waals surface area contributed by atoms with Crippen molar-refractivity contribution in [3.63, 3.8) is 0 Å². The quantitative estimate of drug-likeness (QED) is 0.0706. The van der Waals surface area contributed by atoms with Gasteiger partial charge in [0.1, 0.15) is 23.4 Å². The van der Waals surface area contributed by atoms with Gasteiger partial charge in [-0.3, -0.25) is 20.4 Å². The van der Waals surface area contributed by atoms with Crippen molar-refractivity contribution in [2.75, 3.05) is 81.1 Å². The molecule has 0 unspecified atom stereocenters. The van der Waals surface area contributed by atoms with Gasteiger partial charge in [0, 0.05) is 126 Å². The van der Waals surface area contributed by atoms with Crippen LogP contribution in [0.2, 0.25) is 0 Å². The summed E-state index contributed by atoms with van der Waals surface area (Å²) in [4.78, 5) is 65.8. The Morgan fingerprint density at radius 2 is 1.01 bits per heavy atom. The van der Waals surface area contributed by atoms with Gasteiger partial charge >= 0.3 is 24.4 Å². The van der Waals surface area contributed by atoms with Gasteiger partial charge in [-0.2, -0.15) is 0 Å². The third-order valence-corrected chi connectivity index (χ3v) is 19.5. The zero-order valence-electron chi connectivity index (χ0n) is 49.6. The predicted molar refractivity (Wildman–Crippen MR) is 325 cm³/mol.